The van der Waals surface area contributed by atoms with Crippen molar-refractivity contribution in [2.75, 3.05) is 43.6 Å². The lowest BCUT2D eigenvalue weighted by molar-refractivity contribution is -0.169. The van der Waals surface area contributed by atoms with E-state index >= 15 is 0 Å². The maximum absolute atomic E-state index is 12.7. The van der Waals surface area contributed by atoms with Crippen LogP contribution in [0, 0.1) is 0 Å². The van der Waals surface area contributed by atoms with E-state index < -0.39 is 17.7 Å². The molecule has 1 amide bonds. The number of benzene rings is 1. The van der Waals surface area contributed by atoms with Crippen molar-refractivity contribution >= 4 is 23.5 Å². The molecule has 1 spiro atoms. The number of ether oxygens (including phenoxy) is 3. The van der Waals surface area contributed by atoms with Crippen LogP contribution in [0.2, 0.25) is 0 Å². The van der Waals surface area contributed by atoms with Crippen molar-refractivity contribution in [3.8, 4) is 0 Å². The molecule has 9 nitrogen and oxygen atoms in total. The second-order valence-electron chi connectivity index (χ2n) is 6.83. The van der Waals surface area contributed by atoms with E-state index in [0.717, 1.165) is 12.8 Å². The summed E-state index contributed by atoms with van der Waals surface area (Å²) >= 11 is 0. The molecule has 29 heavy (non-hydrogen) atoms. The highest BCUT2D eigenvalue weighted by atomic mass is 16.7. The summed E-state index contributed by atoms with van der Waals surface area (Å²) in [6, 6.07) is 8.19. The van der Waals surface area contributed by atoms with Gasteiger partial charge in [-0.15, -0.1) is 0 Å². The molecule has 0 atom stereocenters. The molecule has 9 heteroatoms. The largest absolute Gasteiger partial charge is 0.465 e. The minimum atomic E-state index is -0.525. The standard InChI is InChI=1S/C20H22N4O5/c1-27-18(26)14-4-2-3-5-15(14)22-17(25)16-6-9-21-19(23-16)24-10-7-20(8-11-24)28-12-13-29-20/h2-6,9H,7-8,10-13H2,1H3,(H,22,25). The van der Waals surface area contributed by atoms with Crippen LogP contribution in [-0.2, 0) is 14.2 Å². The number of amides is 1. The molecule has 0 bridgehead atoms. The molecule has 152 valence electrons. The third kappa shape index (κ3) is 4.06. The number of nitrogens with zero attached hydrogens (tertiary/aromatic N) is 3. The van der Waals surface area contributed by atoms with E-state index in [-0.39, 0.29) is 11.3 Å². The number of esters is 1. The van der Waals surface area contributed by atoms with Gasteiger partial charge in [0.25, 0.3) is 5.91 Å². The number of carbonyl (C=O) groups is 2. The van der Waals surface area contributed by atoms with E-state index in [1.165, 1.54) is 13.2 Å². The summed E-state index contributed by atoms with van der Waals surface area (Å²) in [5.41, 5.74) is 0.846. The number of hydrogen-bond donors (Lipinski definition) is 1. The Labute approximate surface area is 168 Å². The number of rotatable bonds is 4. The van der Waals surface area contributed by atoms with E-state index in [2.05, 4.69) is 15.3 Å². The van der Waals surface area contributed by atoms with Crippen molar-refractivity contribution in [3.05, 3.63) is 47.8 Å². The van der Waals surface area contributed by atoms with E-state index in [9.17, 15) is 9.59 Å². The average Bonchev–Trinajstić information content (AvgIpc) is 3.22. The molecule has 1 aromatic heterocycles. The number of hydrogen-bond acceptors (Lipinski definition) is 8. The van der Waals surface area contributed by atoms with Crippen molar-refractivity contribution in [2.24, 2.45) is 0 Å². The van der Waals surface area contributed by atoms with Crippen molar-refractivity contribution < 1.29 is 23.8 Å². The summed E-state index contributed by atoms with van der Waals surface area (Å²) in [6.07, 6.45) is 3.00. The first kappa shape index (κ1) is 19.3. The first-order valence-electron chi connectivity index (χ1n) is 9.45. The highest BCUT2D eigenvalue weighted by Gasteiger charge is 2.40. The van der Waals surface area contributed by atoms with Gasteiger partial charge in [-0.2, -0.15) is 0 Å². The Balaban J connectivity index is 1.47. The average molecular weight is 398 g/mol. The fourth-order valence-corrected chi connectivity index (χ4v) is 3.53. The molecular weight excluding hydrogens is 376 g/mol. The van der Waals surface area contributed by atoms with Gasteiger partial charge in [0.15, 0.2) is 5.79 Å². The normalized spacial score (nSPS) is 17.9. The molecule has 0 unspecified atom stereocenters. The van der Waals surface area contributed by atoms with Crippen LogP contribution >= 0.6 is 0 Å². The molecule has 3 heterocycles. The Morgan fingerprint density at radius 1 is 1.14 bits per heavy atom. The molecule has 2 fully saturated rings. The fraction of sp³-hybridized carbons (Fsp3) is 0.400. The topological polar surface area (TPSA) is 103 Å². The zero-order chi connectivity index (χ0) is 20.3. The van der Waals surface area contributed by atoms with Gasteiger partial charge in [-0.3, -0.25) is 4.79 Å². The van der Waals surface area contributed by atoms with Crippen LogP contribution < -0.4 is 10.2 Å². The van der Waals surface area contributed by atoms with Gasteiger partial charge in [-0.05, 0) is 18.2 Å². The number of para-hydroxylation sites is 1. The molecule has 0 saturated carbocycles. The number of nitrogens with one attached hydrogen (secondary N) is 1. The smallest absolute Gasteiger partial charge is 0.339 e. The van der Waals surface area contributed by atoms with Crippen LogP contribution in [0.25, 0.3) is 0 Å². The minimum Gasteiger partial charge on any atom is -0.465 e. The lowest BCUT2D eigenvalue weighted by Crippen LogP contribution is -2.45. The van der Waals surface area contributed by atoms with Crippen molar-refractivity contribution in [1.29, 1.82) is 0 Å². The van der Waals surface area contributed by atoms with Gasteiger partial charge < -0.3 is 24.4 Å². The van der Waals surface area contributed by atoms with E-state index in [0.29, 0.717) is 37.9 Å². The van der Waals surface area contributed by atoms with Gasteiger partial charge in [0, 0.05) is 32.1 Å². The Morgan fingerprint density at radius 2 is 1.86 bits per heavy atom. The van der Waals surface area contributed by atoms with Crippen LogP contribution in [-0.4, -0.2) is 61.0 Å². The highest BCUT2D eigenvalue weighted by molar-refractivity contribution is 6.07. The highest BCUT2D eigenvalue weighted by Crippen LogP contribution is 2.32. The second-order valence-corrected chi connectivity index (χ2v) is 6.83. The van der Waals surface area contributed by atoms with Crippen LogP contribution in [0.3, 0.4) is 0 Å². The van der Waals surface area contributed by atoms with E-state index in [1.54, 1.807) is 30.5 Å². The zero-order valence-corrected chi connectivity index (χ0v) is 16.1. The predicted molar refractivity (Wildman–Crippen MR) is 104 cm³/mol. The van der Waals surface area contributed by atoms with Gasteiger partial charge >= 0.3 is 5.97 Å². The first-order valence-corrected chi connectivity index (χ1v) is 9.45. The van der Waals surface area contributed by atoms with Crippen molar-refractivity contribution in [1.82, 2.24) is 9.97 Å². The molecule has 0 radical (unpaired) electrons. The van der Waals surface area contributed by atoms with E-state index in [1.807, 2.05) is 4.90 Å². The summed E-state index contributed by atoms with van der Waals surface area (Å²) in [4.78, 5) is 35.3. The number of carbonyl (C=O) groups excluding carboxylic acids is 2. The maximum atomic E-state index is 12.7. The third-order valence-electron chi connectivity index (χ3n) is 5.08. The number of methoxy groups -OCH3 is 1. The summed E-state index contributed by atoms with van der Waals surface area (Å²) in [5, 5.41) is 2.72. The molecule has 2 saturated heterocycles. The Kier molecular flexibility index (Phi) is 5.41. The van der Waals surface area contributed by atoms with Crippen LogP contribution in [0.1, 0.15) is 33.7 Å². The molecule has 4 rings (SSSR count). The van der Waals surface area contributed by atoms with Gasteiger partial charge in [0.2, 0.25) is 5.95 Å². The Bertz CT molecular complexity index is 903. The van der Waals surface area contributed by atoms with Crippen LogP contribution in [0.5, 0.6) is 0 Å². The zero-order valence-electron chi connectivity index (χ0n) is 16.1. The maximum Gasteiger partial charge on any atom is 0.339 e. The van der Waals surface area contributed by atoms with Gasteiger partial charge in [0.05, 0.1) is 31.6 Å². The summed E-state index contributed by atoms with van der Waals surface area (Å²) in [6.45, 7) is 2.60. The lowest BCUT2D eigenvalue weighted by atomic mass is 10.0. The van der Waals surface area contributed by atoms with Crippen molar-refractivity contribution in [3.63, 3.8) is 0 Å². The predicted octanol–water partition coefficient (Wildman–Crippen LogP) is 1.86. The summed E-state index contributed by atoms with van der Waals surface area (Å²) < 4.78 is 16.2. The number of piperidine rings is 1. The molecule has 2 aliphatic heterocycles. The Hall–Kier alpha value is -3.04. The molecule has 2 aliphatic rings. The van der Waals surface area contributed by atoms with Crippen LogP contribution in [0.4, 0.5) is 11.6 Å². The number of anilines is 2. The lowest BCUT2D eigenvalue weighted by Gasteiger charge is -2.37. The molecule has 2 aromatic rings. The Morgan fingerprint density at radius 3 is 2.59 bits per heavy atom. The molecular formula is C20H22N4O5. The molecule has 1 N–H and O–H groups in total. The fourth-order valence-electron chi connectivity index (χ4n) is 3.53. The quantitative estimate of drug-likeness (QED) is 0.779. The summed E-state index contributed by atoms with van der Waals surface area (Å²) in [5.74, 6) is -0.959. The summed E-state index contributed by atoms with van der Waals surface area (Å²) in [7, 11) is 1.29. The van der Waals surface area contributed by atoms with Crippen LogP contribution in [0.15, 0.2) is 36.5 Å². The van der Waals surface area contributed by atoms with E-state index in [4.69, 9.17) is 14.2 Å². The van der Waals surface area contributed by atoms with Crippen molar-refractivity contribution in [2.45, 2.75) is 18.6 Å². The molecule has 1 aromatic carbocycles. The van der Waals surface area contributed by atoms with Gasteiger partial charge in [-0.1, -0.05) is 12.1 Å². The second kappa shape index (κ2) is 8.14. The van der Waals surface area contributed by atoms with Gasteiger partial charge in [-0.25, -0.2) is 14.8 Å². The monoisotopic (exact) mass is 398 g/mol. The minimum absolute atomic E-state index is 0.211. The molecule has 0 aliphatic carbocycles. The first-order chi connectivity index (χ1) is 14.1. The third-order valence-corrected chi connectivity index (χ3v) is 5.08. The SMILES string of the molecule is COC(=O)c1ccccc1NC(=O)c1ccnc(N2CCC3(CC2)OCCO3)n1. The van der Waals surface area contributed by atoms with Gasteiger partial charge in [0.1, 0.15) is 5.69 Å². The number of aromatic nitrogens is 2.